The average Bonchev–Trinajstić information content (AvgIpc) is 3.47. The van der Waals surface area contributed by atoms with Gasteiger partial charge < -0.3 is 0 Å². The van der Waals surface area contributed by atoms with E-state index in [-0.39, 0.29) is 0 Å². The Morgan fingerprint density at radius 3 is 1.21 bits per heavy atom. The summed E-state index contributed by atoms with van der Waals surface area (Å²) < 4.78 is 0. The van der Waals surface area contributed by atoms with Crippen molar-refractivity contribution >= 4 is 16.1 Å². The largest absolute Gasteiger partial charge is 0.0710 e. The van der Waals surface area contributed by atoms with Gasteiger partial charge in [-0.2, -0.15) is 0 Å². The van der Waals surface area contributed by atoms with Gasteiger partial charge in [0.15, 0.2) is 0 Å². The van der Waals surface area contributed by atoms with E-state index in [1.807, 2.05) is 11.1 Å². The van der Waals surface area contributed by atoms with Crippen LogP contribution < -0.4 is 0 Å². The van der Waals surface area contributed by atoms with Crippen molar-refractivity contribution in [2.75, 3.05) is 0 Å². The number of hydrogen-bond donors (Lipinski definition) is 0. The molecule has 1 aliphatic rings. The molecule has 0 bridgehead atoms. The Hall–Kier alpha value is 0.174. The van der Waals surface area contributed by atoms with Crippen LogP contribution in [0.4, 0.5) is 0 Å². The Morgan fingerprint density at radius 1 is 0.625 bits per heavy atom. The van der Waals surface area contributed by atoms with Crippen LogP contribution in [0.15, 0.2) is 11.1 Å². The molecule has 0 aliphatic heterocycles. The van der Waals surface area contributed by atoms with Crippen LogP contribution in [0.5, 0.6) is 0 Å². The molecule has 1 rings (SSSR count). The third kappa shape index (κ3) is 6.48. The Labute approximate surface area is 155 Å². The number of hydrogen-bond acceptors (Lipinski definition) is 0. The fourth-order valence-corrected chi connectivity index (χ4v) is 11.8. The second-order valence-corrected chi connectivity index (χ2v) is 19.8. The molecule has 0 N–H and O–H groups in total. The highest BCUT2D eigenvalue weighted by Gasteiger charge is 2.28. The molecule has 0 aromatic heterocycles. The second-order valence-electron chi connectivity index (χ2n) is 8.54. The first-order valence-corrected chi connectivity index (χ1v) is 16.9. The highest BCUT2D eigenvalue weighted by Crippen LogP contribution is 2.38. The van der Waals surface area contributed by atoms with Crippen molar-refractivity contribution in [3.8, 4) is 0 Å². The van der Waals surface area contributed by atoms with Crippen LogP contribution >= 0.6 is 0 Å². The van der Waals surface area contributed by atoms with Gasteiger partial charge in [-0.15, -0.1) is 0 Å². The molecule has 0 nitrogen and oxygen atoms in total. The van der Waals surface area contributed by atoms with E-state index < -0.39 is 16.1 Å². The maximum Gasteiger partial charge on any atom is 0.0527 e. The van der Waals surface area contributed by atoms with Crippen LogP contribution in [0, 0.1) is 0 Å². The summed E-state index contributed by atoms with van der Waals surface area (Å²) in [5.41, 5.74) is 3.77. The van der Waals surface area contributed by atoms with Gasteiger partial charge in [-0.3, -0.25) is 0 Å². The minimum absolute atomic E-state index is 0.893. The standard InChI is InChI=1S/C22H46Si2/c1-7-23(8-2,9-3)19-13-15-21(22-17-18-22)16-14-20-24(10-4,11-5)12-6/h7-20H2,1-6H3. The predicted octanol–water partition coefficient (Wildman–Crippen LogP) is 8.65. The molecule has 0 aromatic rings. The average molecular weight is 367 g/mol. The highest BCUT2D eigenvalue weighted by atomic mass is 28.3. The van der Waals surface area contributed by atoms with Crippen LogP contribution in [0.1, 0.15) is 80.1 Å². The first-order valence-electron chi connectivity index (χ1n) is 11.2. The Morgan fingerprint density at radius 2 is 0.958 bits per heavy atom. The van der Waals surface area contributed by atoms with Crippen LogP contribution in [-0.4, -0.2) is 16.1 Å². The molecule has 1 saturated carbocycles. The van der Waals surface area contributed by atoms with Crippen molar-refractivity contribution in [3.63, 3.8) is 0 Å². The summed E-state index contributed by atoms with van der Waals surface area (Å²) in [5, 5.41) is 0. The highest BCUT2D eigenvalue weighted by molar-refractivity contribution is 6.80. The summed E-state index contributed by atoms with van der Waals surface area (Å²) in [6.45, 7) is 14.8. The van der Waals surface area contributed by atoms with Crippen molar-refractivity contribution in [2.24, 2.45) is 0 Å². The van der Waals surface area contributed by atoms with Gasteiger partial charge in [-0.05, 0) is 25.7 Å². The summed E-state index contributed by atoms with van der Waals surface area (Å²) >= 11 is 0. The van der Waals surface area contributed by atoms with E-state index in [9.17, 15) is 0 Å². The van der Waals surface area contributed by atoms with E-state index in [1.54, 1.807) is 12.1 Å². The lowest BCUT2D eigenvalue weighted by Gasteiger charge is -2.29. The maximum atomic E-state index is 2.46. The molecule has 0 unspecified atom stereocenters. The van der Waals surface area contributed by atoms with Crippen LogP contribution in [-0.2, 0) is 0 Å². The molecule has 1 fully saturated rings. The summed E-state index contributed by atoms with van der Waals surface area (Å²) in [6.07, 6.45) is 8.76. The summed E-state index contributed by atoms with van der Waals surface area (Å²) in [6, 6.07) is 12.2. The topological polar surface area (TPSA) is 0 Å². The van der Waals surface area contributed by atoms with Crippen molar-refractivity contribution < 1.29 is 0 Å². The van der Waals surface area contributed by atoms with E-state index in [0.29, 0.717) is 0 Å². The molecule has 142 valence electrons. The summed E-state index contributed by atoms with van der Waals surface area (Å²) in [5.74, 6) is 0. The molecule has 2 heteroatoms. The van der Waals surface area contributed by atoms with Gasteiger partial charge >= 0.3 is 0 Å². The van der Waals surface area contributed by atoms with Gasteiger partial charge in [0.25, 0.3) is 0 Å². The molecule has 0 heterocycles. The predicted molar refractivity (Wildman–Crippen MR) is 119 cm³/mol. The fourth-order valence-electron chi connectivity index (χ4n) is 4.81. The third-order valence-electron chi connectivity index (χ3n) is 7.87. The van der Waals surface area contributed by atoms with Crippen molar-refractivity contribution in [1.82, 2.24) is 0 Å². The molecular weight excluding hydrogens is 320 g/mol. The van der Waals surface area contributed by atoms with E-state index in [0.717, 1.165) is 0 Å². The molecule has 0 aromatic carbocycles. The molecule has 24 heavy (non-hydrogen) atoms. The van der Waals surface area contributed by atoms with Gasteiger partial charge in [-0.1, -0.05) is 114 Å². The fraction of sp³-hybridized carbons (Fsp3) is 0.909. The van der Waals surface area contributed by atoms with Gasteiger partial charge in [0, 0.05) is 0 Å². The van der Waals surface area contributed by atoms with E-state index in [4.69, 9.17) is 0 Å². The lowest BCUT2D eigenvalue weighted by molar-refractivity contribution is 0.777. The molecule has 0 spiro atoms. The van der Waals surface area contributed by atoms with Crippen molar-refractivity contribution in [3.05, 3.63) is 11.1 Å². The lowest BCUT2D eigenvalue weighted by Crippen LogP contribution is -2.31. The number of allylic oxidation sites excluding steroid dienone is 2. The Balaban J connectivity index is 2.46. The summed E-state index contributed by atoms with van der Waals surface area (Å²) in [4.78, 5) is 0. The van der Waals surface area contributed by atoms with Gasteiger partial charge in [0.1, 0.15) is 0 Å². The lowest BCUT2D eigenvalue weighted by atomic mass is 10.0. The molecule has 0 amide bonds. The molecule has 0 radical (unpaired) electrons. The Kier molecular flexibility index (Phi) is 10.2. The zero-order valence-corrected chi connectivity index (χ0v) is 19.9. The number of rotatable bonds is 14. The molecular formula is C22H46Si2. The first kappa shape index (κ1) is 22.2. The molecule has 1 aliphatic carbocycles. The summed E-state index contributed by atoms with van der Waals surface area (Å²) in [7, 11) is -1.79. The normalized spacial score (nSPS) is 15.0. The van der Waals surface area contributed by atoms with E-state index in [2.05, 4.69) is 41.5 Å². The van der Waals surface area contributed by atoms with Crippen molar-refractivity contribution in [1.29, 1.82) is 0 Å². The third-order valence-corrected chi connectivity index (χ3v) is 19.7. The minimum atomic E-state index is -0.893. The molecule has 0 saturated heterocycles. The Bertz CT molecular complexity index is 325. The van der Waals surface area contributed by atoms with Crippen LogP contribution in [0.3, 0.4) is 0 Å². The minimum Gasteiger partial charge on any atom is -0.0710 e. The van der Waals surface area contributed by atoms with Crippen LogP contribution in [0.2, 0.25) is 48.4 Å². The van der Waals surface area contributed by atoms with Gasteiger partial charge in [-0.25, -0.2) is 0 Å². The van der Waals surface area contributed by atoms with Crippen LogP contribution in [0.25, 0.3) is 0 Å². The quantitative estimate of drug-likeness (QED) is 0.213. The first-order chi connectivity index (χ1) is 11.5. The van der Waals surface area contributed by atoms with Gasteiger partial charge in [0.05, 0.1) is 16.1 Å². The van der Waals surface area contributed by atoms with E-state index in [1.165, 1.54) is 74.8 Å². The maximum absolute atomic E-state index is 2.46. The van der Waals surface area contributed by atoms with Crippen molar-refractivity contribution in [2.45, 2.75) is 128 Å². The van der Waals surface area contributed by atoms with E-state index >= 15 is 0 Å². The smallest absolute Gasteiger partial charge is 0.0527 e. The van der Waals surface area contributed by atoms with Gasteiger partial charge in [0.2, 0.25) is 0 Å². The second kappa shape index (κ2) is 11.0. The zero-order valence-electron chi connectivity index (χ0n) is 17.9. The molecule has 0 atom stereocenters. The monoisotopic (exact) mass is 366 g/mol. The zero-order chi connectivity index (χ0) is 18.1. The SMILES string of the molecule is CC[Si](CC)(CC)CCCC(CCC[Si](CC)(CC)CC)=C1CC1.